The van der Waals surface area contributed by atoms with Crippen LogP contribution in [-0.4, -0.2) is 5.78 Å². The SMILES string of the molecule is Cc1ccc(C2C(C#N)=C(N)SC3=C2C(=O)CCC3)o1. The summed E-state index contributed by atoms with van der Waals surface area (Å²) in [7, 11) is 0. The number of nitrogens with zero attached hydrogens (tertiary/aromatic N) is 1. The summed E-state index contributed by atoms with van der Waals surface area (Å²) in [5.74, 6) is 1.07. The molecule has 0 radical (unpaired) electrons. The molecule has 1 aliphatic heterocycles. The molecule has 1 aromatic heterocycles. The average molecular weight is 286 g/mol. The van der Waals surface area contributed by atoms with Crippen LogP contribution in [0.5, 0.6) is 0 Å². The van der Waals surface area contributed by atoms with Gasteiger partial charge in [0.05, 0.1) is 22.6 Å². The van der Waals surface area contributed by atoms with Gasteiger partial charge in [0, 0.05) is 12.0 Å². The van der Waals surface area contributed by atoms with Crippen molar-refractivity contribution in [3.63, 3.8) is 0 Å². The van der Waals surface area contributed by atoms with Crippen LogP contribution in [0.15, 0.2) is 37.6 Å². The first-order valence-corrected chi connectivity index (χ1v) is 7.33. The first kappa shape index (κ1) is 13.1. The number of aryl methyl sites for hydroxylation is 1. The van der Waals surface area contributed by atoms with Crippen LogP contribution in [0, 0.1) is 18.3 Å². The van der Waals surface area contributed by atoms with E-state index in [1.807, 2.05) is 19.1 Å². The summed E-state index contributed by atoms with van der Waals surface area (Å²) in [5.41, 5.74) is 7.15. The zero-order chi connectivity index (χ0) is 14.3. The molecule has 2 N–H and O–H groups in total. The fraction of sp³-hybridized carbons (Fsp3) is 0.333. The number of ketones is 1. The predicted molar refractivity (Wildman–Crippen MR) is 76.5 cm³/mol. The number of allylic oxidation sites excluding steroid dienone is 3. The highest BCUT2D eigenvalue weighted by molar-refractivity contribution is 8.06. The molecular weight excluding hydrogens is 272 g/mol. The van der Waals surface area contributed by atoms with E-state index in [1.54, 1.807) is 0 Å². The smallest absolute Gasteiger partial charge is 0.160 e. The maximum absolute atomic E-state index is 12.3. The lowest BCUT2D eigenvalue weighted by molar-refractivity contribution is -0.116. The number of Topliss-reactive ketones (excluding diaryl/α,β-unsaturated/α-hetero) is 1. The monoisotopic (exact) mass is 286 g/mol. The zero-order valence-electron chi connectivity index (χ0n) is 11.1. The van der Waals surface area contributed by atoms with Crippen LogP contribution >= 0.6 is 11.8 Å². The Morgan fingerprint density at radius 3 is 2.90 bits per heavy atom. The van der Waals surface area contributed by atoms with Crippen LogP contribution in [0.1, 0.15) is 36.7 Å². The number of carbonyl (C=O) groups is 1. The van der Waals surface area contributed by atoms with E-state index in [1.165, 1.54) is 11.8 Å². The van der Waals surface area contributed by atoms with E-state index >= 15 is 0 Å². The van der Waals surface area contributed by atoms with E-state index in [4.69, 9.17) is 10.2 Å². The van der Waals surface area contributed by atoms with Gasteiger partial charge in [0.15, 0.2) is 5.78 Å². The van der Waals surface area contributed by atoms with E-state index < -0.39 is 5.92 Å². The number of furan rings is 1. The summed E-state index contributed by atoms with van der Waals surface area (Å²) in [5, 5.41) is 9.89. The van der Waals surface area contributed by atoms with Gasteiger partial charge in [-0.25, -0.2) is 0 Å². The number of nitriles is 1. The Bertz CT molecular complexity index is 691. The van der Waals surface area contributed by atoms with Crippen molar-refractivity contribution < 1.29 is 9.21 Å². The van der Waals surface area contributed by atoms with Crippen molar-refractivity contribution in [2.45, 2.75) is 32.1 Å². The van der Waals surface area contributed by atoms with Gasteiger partial charge in [-0.1, -0.05) is 11.8 Å². The molecule has 102 valence electrons. The standard InChI is InChI=1S/C15H14N2O2S/c1-8-5-6-11(19-8)13-9(7-16)15(17)20-12-4-2-3-10(18)14(12)13/h5-6,13H,2-4,17H2,1H3. The summed E-state index contributed by atoms with van der Waals surface area (Å²) in [6.07, 6.45) is 2.24. The van der Waals surface area contributed by atoms with Crippen LogP contribution in [0.25, 0.3) is 0 Å². The quantitative estimate of drug-likeness (QED) is 0.858. The van der Waals surface area contributed by atoms with Crippen LogP contribution in [0.2, 0.25) is 0 Å². The van der Waals surface area contributed by atoms with E-state index in [0.717, 1.165) is 23.5 Å². The van der Waals surface area contributed by atoms with Gasteiger partial charge in [0.25, 0.3) is 0 Å². The van der Waals surface area contributed by atoms with Crippen molar-refractivity contribution in [2.24, 2.45) is 5.73 Å². The number of thioether (sulfide) groups is 1. The van der Waals surface area contributed by atoms with Gasteiger partial charge in [0.1, 0.15) is 11.5 Å². The third-order valence-electron chi connectivity index (χ3n) is 3.65. The number of nitrogens with two attached hydrogens (primary N) is 1. The van der Waals surface area contributed by atoms with Crippen LogP contribution < -0.4 is 5.73 Å². The minimum atomic E-state index is -0.433. The number of rotatable bonds is 1. The summed E-state index contributed by atoms with van der Waals surface area (Å²) < 4.78 is 5.66. The molecule has 4 nitrogen and oxygen atoms in total. The third kappa shape index (κ3) is 1.97. The van der Waals surface area contributed by atoms with E-state index in [0.29, 0.717) is 28.4 Å². The number of hydrogen-bond donors (Lipinski definition) is 1. The van der Waals surface area contributed by atoms with Crippen LogP contribution in [0.4, 0.5) is 0 Å². The summed E-state index contributed by atoms with van der Waals surface area (Å²) in [6.45, 7) is 1.85. The van der Waals surface area contributed by atoms with Gasteiger partial charge in [-0.05, 0) is 36.8 Å². The van der Waals surface area contributed by atoms with E-state index in [-0.39, 0.29) is 5.78 Å². The summed E-state index contributed by atoms with van der Waals surface area (Å²) in [6, 6.07) is 5.82. The Labute approximate surface area is 121 Å². The third-order valence-corrected chi connectivity index (χ3v) is 4.76. The van der Waals surface area contributed by atoms with Gasteiger partial charge in [-0.3, -0.25) is 4.79 Å². The Kier molecular flexibility index (Phi) is 3.19. The predicted octanol–water partition coefficient (Wildman–Crippen LogP) is 3.12. The fourth-order valence-electron chi connectivity index (χ4n) is 2.75. The molecule has 0 amide bonds. The zero-order valence-corrected chi connectivity index (χ0v) is 11.9. The van der Waals surface area contributed by atoms with Crippen molar-refractivity contribution in [3.8, 4) is 6.07 Å². The van der Waals surface area contributed by atoms with Gasteiger partial charge in [0.2, 0.25) is 0 Å². The first-order chi connectivity index (χ1) is 9.61. The largest absolute Gasteiger partial charge is 0.465 e. The Morgan fingerprint density at radius 2 is 2.25 bits per heavy atom. The highest BCUT2D eigenvalue weighted by atomic mass is 32.2. The molecule has 1 aliphatic carbocycles. The topological polar surface area (TPSA) is 80.0 Å². The van der Waals surface area contributed by atoms with Crippen LogP contribution in [-0.2, 0) is 4.79 Å². The molecule has 2 aliphatic rings. The van der Waals surface area contributed by atoms with E-state index in [9.17, 15) is 10.1 Å². The molecule has 0 aromatic carbocycles. The molecule has 1 aromatic rings. The van der Waals surface area contributed by atoms with Crippen molar-refractivity contribution in [2.75, 3.05) is 0 Å². The van der Waals surface area contributed by atoms with Gasteiger partial charge in [-0.2, -0.15) is 5.26 Å². The maximum atomic E-state index is 12.3. The molecule has 2 heterocycles. The molecule has 5 heteroatoms. The second-order valence-electron chi connectivity index (χ2n) is 4.99. The maximum Gasteiger partial charge on any atom is 0.160 e. The Morgan fingerprint density at radius 1 is 1.45 bits per heavy atom. The molecule has 0 saturated heterocycles. The Hall–Kier alpha value is -1.93. The highest BCUT2D eigenvalue weighted by Crippen LogP contribution is 2.49. The van der Waals surface area contributed by atoms with Crippen molar-refractivity contribution in [1.82, 2.24) is 0 Å². The lowest BCUT2D eigenvalue weighted by Gasteiger charge is -2.29. The van der Waals surface area contributed by atoms with Gasteiger partial charge < -0.3 is 10.2 Å². The molecule has 0 saturated carbocycles. The lowest BCUT2D eigenvalue weighted by atomic mass is 9.82. The van der Waals surface area contributed by atoms with E-state index in [2.05, 4.69) is 6.07 Å². The van der Waals surface area contributed by atoms with Crippen LogP contribution in [0.3, 0.4) is 0 Å². The molecule has 0 spiro atoms. The number of carbonyl (C=O) groups excluding carboxylic acids is 1. The normalized spacial score (nSPS) is 22.8. The van der Waals surface area contributed by atoms with Crippen molar-refractivity contribution in [3.05, 3.63) is 44.7 Å². The highest BCUT2D eigenvalue weighted by Gasteiger charge is 2.38. The molecule has 0 bridgehead atoms. The molecule has 1 atom stereocenters. The molecule has 20 heavy (non-hydrogen) atoms. The first-order valence-electron chi connectivity index (χ1n) is 6.52. The molecule has 1 unspecified atom stereocenters. The minimum Gasteiger partial charge on any atom is -0.465 e. The second kappa shape index (κ2) is 4.88. The van der Waals surface area contributed by atoms with Crippen molar-refractivity contribution >= 4 is 17.5 Å². The summed E-state index contributed by atoms with van der Waals surface area (Å²) in [4.78, 5) is 13.3. The average Bonchev–Trinajstić information content (AvgIpc) is 2.84. The second-order valence-corrected chi connectivity index (χ2v) is 6.12. The molecule has 0 fully saturated rings. The number of hydrogen-bond acceptors (Lipinski definition) is 5. The molecule has 3 rings (SSSR count). The minimum absolute atomic E-state index is 0.109. The van der Waals surface area contributed by atoms with Gasteiger partial charge >= 0.3 is 0 Å². The van der Waals surface area contributed by atoms with Crippen molar-refractivity contribution in [1.29, 1.82) is 5.26 Å². The lowest BCUT2D eigenvalue weighted by Crippen LogP contribution is -2.23. The molecular formula is C15H14N2O2S. The fourth-order valence-corrected chi connectivity index (χ4v) is 3.88. The Balaban J connectivity index is 2.18. The van der Waals surface area contributed by atoms with Gasteiger partial charge in [-0.15, -0.1) is 0 Å². The summed E-state index contributed by atoms with van der Waals surface area (Å²) >= 11 is 1.36.